The topological polar surface area (TPSA) is 363 Å². The Morgan fingerprint density at radius 2 is 1.38 bits per heavy atom. The summed E-state index contributed by atoms with van der Waals surface area (Å²) in [5.74, 6) is -4.04. The van der Waals surface area contributed by atoms with Crippen molar-refractivity contribution in [3.8, 4) is 0 Å². The number of carbonyl (C=O) groups excluding carboxylic acids is 4. The predicted molar refractivity (Wildman–Crippen MR) is 282 cm³/mol. The average Bonchev–Trinajstić information content (AvgIpc) is 1.19. The summed E-state index contributed by atoms with van der Waals surface area (Å²) >= 11 is 0. The Bertz CT molecular complexity index is 2420. The van der Waals surface area contributed by atoms with Gasteiger partial charge < -0.3 is 98.4 Å². The van der Waals surface area contributed by atoms with Crippen LogP contribution in [0, 0.1) is 50.2 Å². The quantitative estimate of drug-likeness (QED) is 0.0369. The first-order chi connectivity index (χ1) is 38.3. The summed E-state index contributed by atoms with van der Waals surface area (Å²) in [6, 6.07) is 0. The van der Waals surface area contributed by atoms with Crippen molar-refractivity contribution in [2.75, 3.05) is 26.9 Å². The highest BCUT2D eigenvalue weighted by atomic mass is 16.8. The van der Waals surface area contributed by atoms with Gasteiger partial charge >= 0.3 is 23.9 Å². The molecule has 3 saturated heterocycles. The molecule has 5 aliphatic carbocycles. The Morgan fingerprint density at radius 1 is 0.707 bits per heavy atom. The lowest BCUT2D eigenvalue weighted by molar-refractivity contribution is -0.376. The van der Waals surface area contributed by atoms with E-state index < -0.39 is 185 Å². The fourth-order valence-corrected chi connectivity index (χ4v) is 16.5. The highest BCUT2D eigenvalue weighted by molar-refractivity contribution is 5.87. The third kappa shape index (κ3) is 10.6. The van der Waals surface area contributed by atoms with E-state index in [-0.39, 0.29) is 37.0 Å². The summed E-state index contributed by atoms with van der Waals surface area (Å²) < 4.78 is 59.2. The Hall–Kier alpha value is -3.28. The number of hydrogen-bond acceptors (Lipinski definition) is 24. The van der Waals surface area contributed by atoms with Crippen LogP contribution in [-0.2, 0) is 66.5 Å². The summed E-state index contributed by atoms with van der Waals surface area (Å²) in [5.41, 5.74) is -4.06. The Labute approximate surface area is 478 Å². The first kappa shape index (κ1) is 64.7. The second-order valence-electron chi connectivity index (χ2n) is 26.3. The number of esters is 4. The molecule has 466 valence electrons. The van der Waals surface area contributed by atoms with E-state index in [1.54, 1.807) is 13.8 Å². The van der Waals surface area contributed by atoms with E-state index in [1.807, 2.05) is 20.8 Å². The monoisotopic (exact) mass is 1170 g/mol. The van der Waals surface area contributed by atoms with E-state index in [9.17, 15) is 70.2 Å². The van der Waals surface area contributed by atoms with E-state index in [1.165, 1.54) is 26.8 Å². The van der Waals surface area contributed by atoms with Crippen LogP contribution in [0.25, 0.3) is 0 Å². The minimum atomic E-state index is -1.94. The van der Waals surface area contributed by atoms with Crippen LogP contribution < -0.4 is 0 Å². The number of fused-ring (bicyclic) bond motifs is 7. The molecule has 7 fully saturated rings. The standard InChI is InChI=1S/C58H90O24/c1-13-25(2)48(71)79-43-41(69)51(75-26(3)42(43)76-28(5)62)82-47-46(70)58(24-74-27(4)61)30(20-53(47,6)7)29-14-15-33-54(8)18-17-35(55(9,23-60)32(54)16-19-56(33,10)57(29,11)21-34(58)63)78-52-45(39(67)38(66)44(80-52)49(72)73-12)81-50-40(68)37(65)36(64)31(22-59)77-50/h13-14,26,30-47,50-52,59-60,63-70H,15-24H2,1-12H3/b25-13-/t26-,30+,31-,32-,33-,34-,35+,36-,37+,38+,39+,40-,41-,42+,43-,44+,45-,46+,47+,50+,51+,52-,54+,55-,56-,57-,58+/m1/s1. The molecular formula is C58H90O24. The summed E-state index contributed by atoms with van der Waals surface area (Å²) in [7, 11) is 1.07. The normalized spacial score (nSPS) is 49.1. The number of aliphatic hydroxyl groups excluding tert-OH is 10. The van der Waals surface area contributed by atoms with Crippen molar-refractivity contribution in [1.82, 2.24) is 0 Å². The summed E-state index contributed by atoms with van der Waals surface area (Å²) in [6.45, 7) is 17.9. The highest BCUT2D eigenvalue weighted by Crippen LogP contribution is 2.76. The maximum Gasteiger partial charge on any atom is 0.337 e. The van der Waals surface area contributed by atoms with Crippen molar-refractivity contribution >= 4 is 23.9 Å². The minimum Gasteiger partial charge on any atom is -0.467 e. The van der Waals surface area contributed by atoms with E-state index in [2.05, 4.69) is 26.8 Å². The molecule has 0 spiro atoms. The molecule has 27 atom stereocenters. The molecule has 82 heavy (non-hydrogen) atoms. The van der Waals surface area contributed by atoms with Gasteiger partial charge in [0.05, 0.1) is 56.3 Å². The number of allylic oxidation sites excluding steroid dienone is 3. The van der Waals surface area contributed by atoms with Crippen molar-refractivity contribution in [2.24, 2.45) is 50.2 Å². The van der Waals surface area contributed by atoms with Gasteiger partial charge in [0, 0.05) is 24.8 Å². The zero-order valence-electron chi connectivity index (χ0n) is 49.1. The van der Waals surface area contributed by atoms with Gasteiger partial charge in [0.1, 0.15) is 55.4 Å². The third-order valence-electron chi connectivity index (χ3n) is 21.5. The number of rotatable bonds is 14. The van der Waals surface area contributed by atoms with E-state index in [0.717, 1.165) is 12.7 Å². The maximum absolute atomic E-state index is 13.1. The molecule has 0 aromatic heterocycles. The van der Waals surface area contributed by atoms with Gasteiger partial charge in [0.2, 0.25) is 0 Å². The second kappa shape index (κ2) is 23.8. The van der Waals surface area contributed by atoms with Crippen LogP contribution in [0.3, 0.4) is 0 Å². The first-order valence-corrected chi connectivity index (χ1v) is 28.8. The highest BCUT2D eigenvalue weighted by Gasteiger charge is 2.74. The molecule has 0 unspecified atom stereocenters. The summed E-state index contributed by atoms with van der Waals surface area (Å²) in [4.78, 5) is 51.2. The van der Waals surface area contributed by atoms with Crippen molar-refractivity contribution in [3.63, 3.8) is 0 Å². The largest absolute Gasteiger partial charge is 0.467 e. The van der Waals surface area contributed by atoms with Crippen molar-refractivity contribution in [2.45, 2.75) is 238 Å². The van der Waals surface area contributed by atoms with E-state index >= 15 is 0 Å². The number of aliphatic hydroxyl groups is 10. The van der Waals surface area contributed by atoms with Crippen LogP contribution in [0.2, 0.25) is 0 Å². The van der Waals surface area contributed by atoms with Gasteiger partial charge in [0.25, 0.3) is 0 Å². The molecule has 0 radical (unpaired) electrons. The number of methoxy groups -OCH3 is 1. The van der Waals surface area contributed by atoms with Crippen LogP contribution in [0.4, 0.5) is 0 Å². The molecule has 8 rings (SSSR count). The smallest absolute Gasteiger partial charge is 0.337 e. The molecular weight excluding hydrogens is 1080 g/mol. The molecule has 4 saturated carbocycles. The molecule has 3 aliphatic heterocycles. The second-order valence-corrected chi connectivity index (χ2v) is 26.3. The van der Waals surface area contributed by atoms with Crippen LogP contribution in [-0.4, -0.2) is 218 Å². The number of hydrogen-bond donors (Lipinski definition) is 10. The van der Waals surface area contributed by atoms with Crippen molar-refractivity contribution in [3.05, 3.63) is 23.3 Å². The average molecular weight is 1170 g/mol. The summed E-state index contributed by atoms with van der Waals surface area (Å²) in [6.07, 6.45) is -22.8. The maximum atomic E-state index is 13.1. The van der Waals surface area contributed by atoms with Crippen LogP contribution >= 0.6 is 0 Å². The third-order valence-corrected chi connectivity index (χ3v) is 21.5. The molecule has 10 N–H and O–H groups in total. The van der Waals surface area contributed by atoms with E-state index in [4.69, 9.17) is 47.4 Å². The van der Waals surface area contributed by atoms with Gasteiger partial charge in [-0.15, -0.1) is 0 Å². The van der Waals surface area contributed by atoms with Crippen LogP contribution in [0.1, 0.15) is 121 Å². The Kier molecular flexibility index (Phi) is 18.8. The first-order valence-electron chi connectivity index (χ1n) is 28.8. The van der Waals surface area contributed by atoms with Gasteiger partial charge in [-0.25, -0.2) is 9.59 Å². The fourth-order valence-electron chi connectivity index (χ4n) is 16.5. The summed E-state index contributed by atoms with van der Waals surface area (Å²) in [5, 5.41) is 114. The van der Waals surface area contributed by atoms with Crippen LogP contribution in [0.5, 0.6) is 0 Å². The minimum absolute atomic E-state index is 0.0691. The fraction of sp³-hybridized carbons (Fsp3) is 0.862. The molecule has 8 aliphatic rings. The van der Waals surface area contributed by atoms with Gasteiger partial charge in [-0.2, -0.15) is 0 Å². The van der Waals surface area contributed by atoms with Crippen molar-refractivity contribution < 1.29 is 118 Å². The van der Waals surface area contributed by atoms with Crippen LogP contribution in [0.15, 0.2) is 23.3 Å². The SMILES string of the molecule is C/C=C(/C)C(=O)O[C@@H]1[C@@H](O)[C@H](O[C@H]2[C@H](O)[C@]3(COC(C)=O)[C@H](O)C[C@]4(C)C(=CC[C@@H]5[C@@]6(C)CC[C@H](O[C@@H]7O[C@H](C(=O)OC)[C@@H](O)[C@H](O)[C@H]7O[C@@H]7O[C@H](CO)[C@@H](O)[C@H](O)[C@H]7O)[C@](C)(CO)[C@@H]6CC[C@]54C)[C@@H]3CC2(C)C)O[C@H](C)[C@@H]1OC(C)=O. The van der Waals surface area contributed by atoms with Gasteiger partial charge in [0.15, 0.2) is 37.2 Å². The van der Waals surface area contributed by atoms with Crippen molar-refractivity contribution in [1.29, 1.82) is 0 Å². The zero-order chi connectivity index (χ0) is 60.7. The molecule has 24 heteroatoms. The Morgan fingerprint density at radius 3 is 1.99 bits per heavy atom. The molecule has 24 nitrogen and oxygen atoms in total. The lowest BCUT2D eigenvalue weighted by atomic mass is 9.33. The molecule has 3 heterocycles. The molecule has 0 bridgehead atoms. The predicted octanol–water partition coefficient (Wildman–Crippen LogP) is 0.366. The number of ether oxygens (including phenoxy) is 10. The molecule has 0 amide bonds. The lowest BCUT2D eigenvalue weighted by Crippen LogP contribution is -2.73. The number of carbonyl (C=O) groups is 4. The molecule has 0 aromatic carbocycles. The van der Waals surface area contributed by atoms with Gasteiger partial charge in [-0.3, -0.25) is 9.59 Å². The van der Waals surface area contributed by atoms with E-state index in [0.29, 0.717) is 38.5 Å². The lowest BCUT2D eigenvalue weighted by Gasteiger charge is -2.72. The molecule has 0 aromatic rings. The zero-order valence-corrected chi connectivity index (χ0v) is 49.1. The van der Waals surface area contributed by atoms with Gasteiger partial charge in [-0.1, -0.05) is 59.3 Å². The van der Waals surface area contributed by atoms with Gasteiger partial charge in [-0.05, 0) is 105 Å². The Balaban J connectivity index is 1.09.